The zero-order valence-corrected chi connectivity index (χ0v) is 19.3. The predicted octanol–water partition coefficient (Wildman–Crippen LogP) is 3.77. The van der Waals surface area contributed by atoms with Crippen LogP contribution in [0.25, 0.3) is 10.2 Å². The van der Waals surface area contributed by atoms with Crippen molar-refractivity contribution < 1.29 is 13.2 Å². The number of aromatic nitrogens is 1. The second-order valence-electron chi connectivity index (χ2n) is 7.11. The summed E-state index contributed by atoms with van der Waals surface area (Å²) in [7, 11) is -3.33. The van der Waals surface area contributed by atoms with Crippen LogP contribution in [-0.4, -0.2) is 62.4 Å². The number of amides is 1. The van der Waals surface area contributed by atoms with Gasteiger partial charge in [0.15, 0.2) is 15.0 Å². The maximum atomic E-state index is 12.8. The first kappa shape index (κ1) is 21.1. The van der Waals surface area contributed by atoms with E-state index in [9.17, 15) is 13.2 Å². The number of benzene rings is 2. The topological polar surface area (TPSA) is 70.6 Å². The number of piperazine rings is 1. The largest absolute Gasteiger partial charge is 0.345 e. The second-order valence-corrected chi connectivity index (χ2v) is 11.4. The molecule has 1 fully saturated rings. The summed E-state index contributed by atoms with van der Waals surface area (Å²) in [6, 6.07) is 13.0. The summed E-state index contributed by atoms with van der Waals surface area (Å²) >= 11 is 3.25. The van der Waals surface area contributed by atoms with Crippen molar-refractivity contribution in [3.05, 3.63) is 48.0 Å². The SMILES string of the molecule is CCSc1ccc(C(=O)N2CCN(c3nc4c(S(C)(=O)=O)cccc4s3)CC2)cc1. The third-order valence-corrected chi connectivity index (χ3v) is 8.12. The lowest BCUT2D eigenvalue weighted by Crippen LogP contribution is -2.48. The smallest absolute Gasteiger partial charge is 0.253 e. The molecule has 0 aliphatic carbocycles. The van der Waals surface area contributed by atoms with Crippen molar-refractivity contribution in [1.29, 1.82) is 0 Å². The predicted molar refractivity (Wildman–Crippen MR) is 124 cm³/mol. The molecule has 1 saturated heterocycles. The quantitative estimate of drug-likeness (QED) is 0.539. The molecule has 6 nitrogen and oxygen atoms in total. The van der Waals surface area contributed by atoms with Crippen LogP contribution in [-0.2, 0) is 9.84 Å². The van der Waals surface area contributed by atoms with Crippen molar-refractivity contribution in [2.24, 2.45) is 0 Å². The van der Waals surface area contributed by atoms with Gasteiger partial charge in [0, 0.05) is 42.9 Å². The molecule has 3 aromatic rings. The molecule has 0 radical (unpaired) electrons. The fourth-order valence-corrected chi connectivity index (χ4v) is 6.09. The van der Waals surface area contributed by atoms with E-state index in [4.69, 9.17) is 0 Å². The normalized spacial score (nSPS) is 15.0. The highest BCUT2D eigenvalue weighted by Gasteiger charge is 2.25. The van der Waals surface area contributed by atoms with Gasteiger partial charge in [0.1, 0.15) is 5.52 Å². The van der Waals surface area contributed by atoms with Crippen LogP contribution in [0.1, 0.15) is 17.3 Å². The Labute approximate surface area is 184 Å². The maximum Gasteiger partial charge on any atom is 0.253 e. The third kappa shape index (κ3) is 4.33. The minimum atomic E-state index is -3.33. The van der Waals surface area contributed by atoms with E-state index >= 15 is 0 Å². The van der Waals surface area contributed by atoms with Gasteiger partial charge in [-0.15, -0.1) is 11.8 Å². The minimum Gasteiger partial charge on any atom is -0.345 e. The molecule has 0 atom stereocenters. The molecule has 30 heavy (non-hydrogen) atoms. The Kier molecular flexibility index (Phi) is 6.04. The van der Waals surface area contributed by atoms with Crippen molar-refractivity contribution in [3.8, 4) is 0 Å². The van der Waals surface area contributed by atoms with Gasteiger partial charge in [-0.3, -0.25) is 4.79 Å². The standard InChI is InChI=1S/C21H23N3O3S3/c1-3-28-16-9-7-15(8-10-16)20(25)23-11-13-24(14-12-23)21-22-19-17(29-21)5-4-6-18(19)30(2,26)27/h4-10H,3,11-14H2,1-2H3. The van der Waals surface area contributed by atoms with Crippen LogP contribution in [0.3, 0.4) is 0 Å². The molecule has 2 heterocycles. The van der Waals surface area contributed by atoms with Crippen LogP contribution < -0.4 is 4.90 Å². The van der Waals surface area contributed by atoms with Gasteiger partial charge >= 0.3 is 0 Å². The second kappa shape index (κ2) is 8.56. The van der Waals surface area contributed by atoms with E-state index in [1.165, 1.54) is 22.5 Å². The first-order valence-corrected chi connectivity index (χ1v) is 13.4. The molecule has 1 aliphatic heterocycles. The molecule has 0 saturated carbocycles. The summed E-state index contributed by atoms with van der Waals surface area (Å²) in [6.07, 6.45) is 1.21. The number of para-hydroxylation sites is 1. The van der Waals surface area contributed by atoms with Gasteiger partial charge in [0.25, 0.3) is 5.91 Å². The molecule has 0 N–H and O–H groups in total. The summed E-state index contributed by atoms with van der Waals surface area (Å²) in [5.41, 5.74) is 1.24. The Hall–Kier alpha value is -2.10. The fraction of sp³-hybridized carbons (Fsp3) is 0.333. The summed E-state index contributed by atoms with van der Waals surface area (Å²) < 4.78 is 25.0. The number of thioether (sulfide) groups is 1. The van der Waals surface area contributed by atoms with Crippen LogP contribution >= 0.6 is 23.1 Å². The zero-order valence-electron chi connectivity index (χ0n) is 16.9. The number of fused-ring (bicyclic) bond motifs is 1. The number of hydrogen-bond donors (Lipinski definition) is 0. The van der Waals surface area contributed by atoms with E-state index in [1.54, 1.807) is 23.9 Å². The van der Waals surface area contributed by atoms with E-state index in [1.807, 2.05) is 35.2 Å². The van der Waals surface area contributed by atoms with Crippen LogP contribution in [0.2, 0.25) is 0 Å². The van der Waals surface area contributed by atoms with E-state index in [-0.39, 0.29) is 10.8 Å². The number of hydrogen-bond acceptors (Lipinski definition) is 7. The molecule has 0 spiro atoms. The Bertz CT molecular complexity index is 1170. The highest BCUT2D eigenvalue weighted by Crippen LogP contribution is 2.33. The lowest BCUT2D eigenvalue weighted by Gasteiger charge is -2.34. The number of anilines is 1. The lowest BCUT2D eigenvalue weighted by molar-refractivity contribution is 0.0746. The molecule has 1 amide bonds. The minimum absolute atomic E-state index is 0.0476. The summed E-state index contributed by atoms with van der Waals surface area (Å²) in [6.45, 7) is 4.67. The van der Waals surface area contributed by atoms with Gasteiger partial charge in [-0.2, -0.15) is 0 Å². The van der Waals surface area contributed by atoms with Crippen molar-refractivity contribution >= 4 is 54.2 Å². The van der Waals surface area contributed by atoms with E-state index in [2.05, 4.69) is 16.8 Å². The number of sulfone groups is 1. The molecule has 0 bridgehead atoms. The molecule has 9 heteroatoms. The van der Waals surface area contributed by atoms with E-state index in [0.717, 1.165) is 15.6 Å². The summed E-state index contributed by atoms with van der Waals surface area (Å²) in [4.78, 5) is 22.9. The van der Waals surface area contributed by atoms with Crippen LogP contribution in [0.4, 0.5) is 5.13 Å². The number of carbonyl (C=O) groups is 1. The van der Waals surface area contributed by atoms with Crippen molar-refractivity contribution in [3.63, 3.8) is 0 Å². The third-order valence-electron chi connectivity index (χ3n) is 5.02. The number of rotatable bonds is 5. The van der Waals surface area contributed by atoms with Crippen LogP contribution in [0.15, 0.2) is 52.3 Å². The Morgan fingerprint density at radius 3 is 2.43 bits per heavy atom. The van der Waals surface area contributed by atoms with Crippen LogP contribution in [0, 0.1) is 0 Å². The Morgan fingerprint density at radius 1 is 1.10 bits per heavy atom. The number of thiazole rings is 1. The van der Waals surface area contributed by atoms with Gasteiger partial charge < -0.3 is 9.80 Å². The van der Waals surface area contributed by atoms with Gasteiger partial charge in [0.05, 0.1) is 9.60 Å². The van der Waals surface area contributed by atoms with Crippen molar-refractivity contribution in [2.75, 3.05) is 43.1 Å². The zero-order chi connectivity index (χ0) is 21.3. The molecule has 4 rings (SSSR count). The van der Waals surface area contributed by atoms with E-state index in [0.29, 0.717) is 37.3 Å². The molecule has 1 aromatic heterocycles. The Morgan fingerprint density at radius 2 is 1.80 bits per heavy atom. The van der Waals surface area contributed by atoms with Gasteiger partial charge in [-0.1, -0.05) is 24.3 Å². The van der Waals surface area contributed by atoms with Gasteiger partial charge in [-0.05, 0) is 42.2 Å². The Balaban J connectivity index is 1.46. The molecule has 0 unspecified atom stereocenters. The average Bonchev–Trinajstić information content (AvgIpc) is 3.18. The molecule has 158 valence electrons. The fourth-order valence-electron chi connectivity index (χ4n) is 3.49. The summed E-state index contributed by atoms with van der Waals surface area (Å²) in [5.74, 6) is 1.05. The van der Waals surface area contributed by atoms with Gasteiger partial charge in [0.2, 0.25) is 0 Å². The molecular formula is C21H23N3O3S3. The molecular weight excluding hydrogens is 438 g/mol. The van der Waals surface area contributed by atoms with Crippen LogP contribution in [0.5, 0.6) is 0 Å². The highest BCUT2D eigenvalue weighted by atomic mass is 32.2. The first-order chi connectivity index (χ1) is 14.4. The van der Waals surface area contributed by atoms with E-state index < -0.39 is 9.84 Å². The molecule has 1 aliphatic rings. The molecule has 2 aromatic carbocycles. The van der Waals surface area contributed by atoms with Gasteiger partial charge in [-0.25, -0.2) is 13.4 Å². The first-order valence-electron chi connectivity index (χ1n) is 9.73. The van der Waals surface area contributed by atoms with Crippen molar-refractivity contribution in [1.82, 2.24) is 9.88 Å². The monoisotopic (exact) mass is 461 g/mol. The maximum absolute atomic E-state index is 12.8. The average molecular weight is 462 g/mol. The highest BCUT2D eigenvalue weighted by molar-refractivity contribution is 7.99. The van der Waals surface area contributed by atoms with Crippen molar-refractivity contribution in [2.45, 2.75) is 16.7 Å². The number of carbonyl (C=O) groups excluding carboxylic acids is 1. The lowest BCUT2D eigenvalue weighted by atomic mass is 10.2. The summed E-state index contributed by atoms with van der Waals surface area (Å²) in [5, 5.41) is 0.800. The number of nitrogens with zero attached hydrogens (tertiary/aromatic N) is 3.